The van der Waals surface area contributed by atoms with Crippen LogP contribution in [-0.4, -0.2) is 37.0 Å². The Bertz CT molecular complexity index is 713. The lowest BCUT2D eigenvalue weighted by Gasteiger charge is -2.36. The van der Waals surface area contributed by atoms with Gasteiger partial charge in [-0.15, -0.1) is 0 Å². The van der Waals surface area contributed by atoms with Crippen molar-refractivity contribution >= 4 is 23.2 Å². The molecule has 23 heavy (non-hydrogen) atoms. The Kier molecular flexibility index (Phi) is 4.48. The highest BCUT2D eigenvalue weighted by atomic mass is 35.5. The summed E-state index contributed by atoms with van der Waals surface area (Å²) in [6.45, 7) is 2.27. The average molecular weight is 337 g/mol. The first-order valence-electron chi connectivity index (χ1n) is 7.29. The summed E-state index contributed by atoms with van der Waals surface area (Å²) in [6.07, 6.45) is 0. The molecule has 1 aliphatic heterocycles. The van der Waals surface area contributed by atoms with Crippen molar-refractivity contribution in [2.75, 3.05) is 31.1 Å². The molecular formula is C17H15ClF2N2O. The molecule has 2 aromatic rings. The fourth-order valence-electron chi connectivity index (χ4n) is 2.65. The Balaban J connectivity index is 1.66. The smallest absolute Gasteiger partial charge is 0.256 e. The Morgan fingerprint density at radius 3 is 2.22 bits per heavy atom. The third kappa shape index (κ3) is 3.45. The summed E-state index contributed by atoms with van der Waals surface area (Å²) in [7, 11) is 0. The molecule has 0 atom stereocenters. The number of nitrogens with zero attached hydrogens (tertiary/aromatic N) is 2. The van der Waals surface area contributed by atoms with Gasteiger partial charge in [0.25, 0.3) is 5.91 Å². The summed E-state index contributed by atoms with van der Waals surface area (Å²) in [5, 5.41) is 0.675. The van der Waals surface area contributed by atoms with Crippen LogP contribution in [0.15, 0.2) is 42.5 Å². The van der Waals surface area contributed by atoms with Gasteiger partial charge in [0.15, 0.2) is 0 Å². The number of rotatable bonds is 2. The van der Waals surface area contributed by atoms with E-state index in [2.05, 4.69) is 4.90 Å². The highest BCUT2D eigenvalue weighted by Gasteiger charge is 2.24. The lowest BCUT2D eigenvalue weighted by Crippen LogP contribution is -2.49. The van der Waals surface area contributed by atoms with E-state index in [1.807, 2.05) is 24.3 Å². The number of carbonyl (C=O) groups excluding carboxylic acids is 1. The van der Waals surface area contributed by atoms with E-state index in [9.17, 15) is 13.6 Å². The van der Waals surface area contributed by atoms with Gasteiger partial charge in [0.2, 0.25) is 0 Å². The van der Waals surface area contributed by atoms with E-state index in [-0.39, 0.29) is 5.56 Å². The molecule has 1 amide bonds. The third-order valence-electron chi connectivity index (χ3n) is 3.92. The molecule has 3 nitrogen and oxygen atoms in total. The van der Waals surface area contributed by atoms with Crippen molar-refractivity contribution in [3.8, 4) is 0 Å². The molecule has 0 unspecified atom stereocenters. The van der Waals surface area contributed by atoms with Crippen molar-refractivity contribution in [2.24, 2.45) is 0 Å². The highest BCUT2D eigenvalue weighted by molar-refractivity contribution is 6.30. The van der Waals surface area contributed by atoms with Crippen molar-refractivity contribution < 1.29 is 13.6 Å². The second-order valence-corrected chi connectivity index (χ2v) is 5.82. The van der Waals surface area contributed by atoms with E-state index in [1.54, 1.807) is 4.90 Å². The van der Waals surface area contributed by atoms with Gasteiger partial charge in [-0.3, -0.25) is 4.79 Å². The maximum atomic E-state index is 13.7. The number of amides is 1. The normalized spacial score (nSPS) is 14.9. The maximum Gasteiger partial charge on any atom is 0.256 e. The molecule has 2 aromatic carbocycles. The average Bonchev–Trinajstić information content (AvgIpc) is 2.55. The molecule has 0 saturated carbocycles. The molecule has 6 heteroatoms. The van der Waals surface area contributed by atoms with Crippen molar-refractivity contribution in [3.05, 3.63) is 64.7 Å². The zero-order valence-corrected chi connectivity index (χ0v) is 13.1. The summed E-state index contributed by atoms with van der Waals surface area (Å²) in [5.74, 6) is -1.92. The monoisotopic (exact) mass is 336 g/mol. The van der Waals surface area contributed by atoms with E-state index < -0.39 is 17.5 Å². The topological polar surface area (TPSA) is 23.6 Å². The van der Waals surface area contributed by atoms with Crippen LogP contribution in [0, 0.1) is 11.6 Å². The molecule has 1 saturated heterocycles. The lowest BCUT2D eigenvalue weighted by atomic mass is 10.1. The largest absolute Gasteiger partial charge is 0.368 e. The predicted molar refractivity (Wildman–Crippen MR) is 85.9 cm³/mol. The molecule has 0 aromatic heterocycles. The van der Waals surface area contributed by atoms with Crippen LogP contribution in [-0.2, 0) is 0 Å². The standard InChI is InChI=1S/C17H15ClF2N2O/c18-12-1-4-14(5-2-12)21-7-9-22(10-8-21)17(23)15-6-3-13(19)11-16(15)20/h1-6,11H,7-10H2. The molecule has 1 aliphatic rings. The van der Waals surface area contributed by atoms with Crippen molar-refractivity contribution in [2.45, 2.75) is 0 Å². The number of carbonyl (C=O) groups is 1. The first-order chi connectivity index (χ1) is 11.0. The molecule has 120 valence electrons. The van der Waals surface area contributed by atoms with Gasteiger partial charge < -0.3 is 9.80 Å². The van der Waals surface area contributed by atoms with Crippen LogP contribution in [0.4, 0.5) is 14.5 Å². The summed E-state index contributed by atoms with van der Waals surface area (Å²) in [5.41, 5.74) is 0.945. The Morgan fingerprint density at radius 1 is 0.957 bits per heavy atom. The van der Waals surface area contributed by atoms with E-state index in [0.717, 1.165) is 17.8 Å². The Morgan fingerprint density at radius 2 is 1.61 bits per heavy atom. The summed E-state index contributed by atoms with van der Waals surface area (Å²) in [4.78, 5) is 16.1. The second kappa shape index (κ2) is 6.54. The van der Waals surface area contributed by atoms with E-state index in [1.165, 1.54) is 6.07 Å². The van der Waals surface area contributed by atoms with Gasteiger partial charge in [0.1, 0.15) is 11.6 Å². The molecule has 0 radical (unpaired) electrons. The number of benzene rings is 2. The van der Waals surface area contributed by atoms with Crippen molar-refractivity contribution in [3.63, 3.8) is 0 Å². The molecule has 3 rings (SSSR count). The number of halogens is 3. The molecule has 1 heterocycles. The van der Waals surface area contributed by atoms with Crippen LogP contribution in [0.1, 0.15) is 10.4 Å². The molecule has 0 N–H and O–H groups in total. The Hall–Kier alpha value is -2.14. The fraction of sp³-hybridized carbons (Fsp3) is 0.235. The lowest BCUT2D eigenvalue weighted by molar-refractivity contribution is 0.0742. The van der Waals surface area contributed by atoms with E-state index in [4.69, 9.17) is 11.6 Å². The van der Waals surface area contributed by atoms with Crippen LogP contribution < -0.4 is 4.90 Å². The van der Waals surface area contributed by atoms with Gasteiger partial charge >= 0.3 is 0 Å². The SMILES string of the molecule is O=C(c1ccc(F)cc1F)N1CCN(c2ccc(Cl)cc2)CC1. The zero-order chi connectivity index (χ0) is 16.4. The van der Waals surface area contributed by atoms with Gasteiger partial charge in [0.05, 0.1) is 5.56 Å². The van der Waals surface area contributed by atoms with Crippen molar-refractivity contribution in [1.82, 2.24) is 4.90 Å². The first kappa shape index (κ1) is 15.7. The van der Waals surface area contributed by atoms with Crippen LogP contribution in [0.3, 0.4) is 0 Å². The molecular weight excluding hydrogens is 322 g/mol. The molecule has 1 fully saturated rings. The highest BCUT2D eigenvalue weighted by Crippen LogP contribution is 2.20. The minimum absolute atomic E-state index is 0.0913. The fourth-order valence-corrected chi connectivity index (χ4v) is 2.78. The van der Waals surface area contributed by atoms with E-state index in [0.29, 0.717) is 31.2 Å². The first-order valence-corrected chi connectivity index (χ1v) is 7.67. The number of hydrogen-bond acceptors (Lipinski definition) is 2. The van der Waals surface area contributed by atoms with Gasteiger partial charge in [-0.1, -0.05) is 11.6 Å². The van der Waals surface area contributed by atoms with Gasteiger partial charge in [-0.25, -0.2) is 8.78 Å². The quantitative estimate of drug-likeness (QED) is 0.837. The van der Waals surface area contributed by atoms with Crippen LogP contribution in [0.5, 0.6) is 0 Å². The number of anilines is 1. The summed E-state index contributed by atoms with van der Waals surface area (Å²) < 4.78 is 26.7. The van der Waals surface area contributed by atoms with Gasteiger partial charge in [-0.2, -0.15) is 0 Å². The van der Waals surface area contributed by atoms with Crippen LogP contribution in [0.25, 0.3) is 0 Å². The van der Waals surface area contributed by atoms with Gasteiger partial charge in [-0.05, 0) is 36.4 Å². The minimum atomic E-state index is -0.824. The number of piperazine rings is 1. The van der Waals surface area contributed by atoms with E-state index >= 15 is 0 Å². The summed E-state index contributed by atoms with van der Waals surface area (Å²) >= 11 is 5.88. The maximum absolute atomic E-state index is 13.7. The van der Waals surface area contributed by atoms with Crippen LogP contribution >= 0.6 is 11.6 Å². The molecule has 0 aliphatic carbocycles. The molecule has 0 bridgehead atoms. The minimum Gasteiger partial charge on any atom is -0.368 e. The summed E-state index contributed by atoms with van der Waals surface area (Å²) in [6, 6.07) is 10.5. The van der Waals surface area contributed by atoms with Gasteiger partial charge in [0, 0.05) is 43.0 Å². The van der Waals surface area contributed by atoms with Crippen LogP contribution in [0.2, 0.25) is 5.02 Å². The predicted octanol–water partition coefficient (Wildman–Crippen LogP) is 3.58. The number of hydrogen-bond donors (Lipinski definition) is 0. The third-order valence-corrected chi connectivity index (χ3v) is 4.17. The second-order valence-electron chi connectivity index (χ2n) is 5.38. The molecule has 0 spiro atoms. The van der Waals surface area contributed by atoms with Crippen molar-refractivity contribution in [1.29, 1.82) is 0 Å². The Labute approximate surface area is 138 Å². The zero-order valence-electron chi connectivity index (χ0n) is 12.3.